The maximum absolute atomic E-state index is 14.7. The van der Waals surface area contributed by atoms with Crippen LogP contribution in [-0.4, -0.2) is 18.7 Å². The van der Waals surface area contributed by atoms with Gasteiger partial charge in [0.25, 0.3) is 0 Å². The van der Waals surface area contributed by atoms with Gasteiger partial charge in [-0.15, -0.1) is 0 Å². The molecule has 3 nitrogen and oxygen atoms in total. The maximum atomic E-state index is 14.7. The van der Waals surface area contributed by atoms with Crippen LogP contribution in [0.15, 0.2) is 6.07 Å². The monoisotopic (exact) mass is 279 g/mol. The third-order valence-electron chi connectivity index (χ3n) is 4.17. The fraction of sp³-hybridized carbons (Fsp3) is 0.467. The summed E-state index contributed by atoms with van der Waals surface area (Å²) in [5, 5.41) is 0. The molecule has 1 aromatic rings. The Morgan fingerprint density at radius 1 is 1.40 bits per heavy atom. The highest BCUT2D eigenvalue weighted by atomic mass is 19.1. The molecule has 0 saturated heterocycles. The van der Waals surface area contributed by atoms with Crippen LogP contribution in [0.4, 0.5) is 14.5 Å². The first-order valence-electron chi connectivity index (χ1n) is 6.67. The number of hydrogen-bond acceptors (Lipinski definition) is 2. The topological polar surface area (TPSA) is 37.4 Å². The van der Waals surface area contributed by atoms with E-state index in [0.29, 0.717) is 11.8 Å². The molecule has 1 amide bonds. The van der Waals surface area contributed by atoms with Gasteiger partial charge in [0.05, 0.1) is 17.6 Å². The van der Waals surface area contributed by atoms with Crippen LogP contribution < -0.4 is 4.90 Å². The second kappa shape index (κ2) is 4.11. The quantitative estimate of drug-likeness (QED) is 0.798. The summed E-state index contributed by atoms with van der Waals surface area (Å²) >= 11 is 0. The molecule has 1 heterocycles. The molecule has 2 aliphatic rings. The Balaban J connectivity index is 2.26. The lowest BCUT2D eigenvalue weighted by atomic mass is 9.84. The molecule has 0 spiro atoms. The van der Waals surface area contributed by atoms with Crippen molar-refractivity contribution in [1.82, 2.24) is 0 Å². The molecule has 0 N–H and O–H groups in total. The number of anilines is 1. The average Bonchev–Trinajstić information content (AvgIpc) is 3.18. The number of fused-ring (bicyclic) bond motifs is 1. The Hall–Kier alpha value is -1.78. The highest BCUT2D eigenvalue weighted by Crippen LogP contribution is 2.49. The van der Waals surface area contributed by atoms with Crippen molar-refractivity contribution in [3.8, 4) is 0 Å². The summed E-state index contributed by atoms with van der Waals surface area (Å²) in [6.07, 6.45) is 2.22. The Bertz CT molecular complexity index is 621. The summed E-state index contributed by atoms with van der Waals surface area (Å²) in [4.78, 5) is 24.0. The standard InChI is InChI=1S/C15H15F2NO2/c1-15(2)11-12(17)9(8-3-4-8)7-10(16)13(11)18(5-6-19)14(15)20/h6-8H,3-5H2,1-2H3. The molecule has 0 bridgehead atoms. The lowest BCUT2D eigenvalue weighted by molar-refractivity contribution is -0.123. The summed E-state index contributed by atoms with van der Waals surface area (Å²) in [5.41, 5.74) is -0.774. The van der Waals surface area contributed by atoms with Crippen LogP contribution in [0.1, 0.15) is 43.7 Å². The average molecular weight is 279 g/mol. The fourth-order valence-corrected chi connectivity index (χ4v) is 2.96. The van der Waals surface area contributed by atoms with Crippen LogP contribution in [0, 0.1) is 11.6 Å². The van der Waals surface area contributed by atoms with E-state index in [-0.39, 0.29) is 23.7 Å². The van der Waals surface area contributed by atoms with Crippen molar-refractivity contribution in [2.45, 2.75) is 38.0 Å². The normalized spacial score (nSPS) is 20.2. The minimum atomic E-state index is -1.14. The number of rotatable bonds is 3. The van der Waals surface area contributed by atoms with Crippen molar-refractivity contribution in [3.63, 3.8) is 0 Å². The Morgan fingerprint density at radius 3 is 2.60 bits per heavy atom. The first-order valence-corrected chi connectivity index (χ1v) is 6.67. The van der Waals surface area contributed by atoms with Gasteiger partial charge in [0.1, 0.15) is 17.9 Å². The number of benzene rings is 1. The summed E-state index contributed by atoms with van der Waals surface area (Å²) in [6, 6.07) is 1.18. The number of halogens is 2. The number of aldehydes is 1. The van der Waals surface area contributed by atoms with Gasteiger partial charge in [0.15, 0.2) is 0 Å². The molecule has 0 aromatic heterocycles. The van der Waals surface area contributed by atoms with Crippen molar-refractivity contribution >= 4 is 17.9 Å². The predicted molar refractivity (Wildman–Crippen MR) is 69.8 cm³/mol. The molecule has 1 fully saturated rings. The molecule has 1 aromatic carbocycles. The molecular formula is C15H15F2NO2. The zero-order valence-electron chi connectivity index (χ0n) is 11.4. The van der Waals surface area contributed by atoms with Gasteiger partial charge in [-0.3, -0.25) is 4.79 Å². The van der Waals surface area contributed by atoms with Gasteiger partial charge >= 0.3 is 0 Å². The number of nitrogens with zero attached hydrogens (tertiary/aromatic N) is 1. The fourth-order valence-electron chi connectivity index (χ4n) is 2.96. The molecule has 3 rings (SSSR count). The highest BCUT2D eigenvalue weighted by Gasteiger charge is 2.49. The van der Waals surface area contributed by atoms with Crippen LogP contribution in [0.5, 0.6) is 0 Å². The predicted octanol–water partition coefficient (Wildman–Crippen LogP) is 2.67. The molecule has 106 valence electrons. The maximum Gasteiger partial charge on any atom is 0.237 e. The van der Waals surface area contributed by atoms with E-state index in [2.05, 4.69) is 0 Å². The van der Waals surface area contributed by atoms with Crippen molar-refractivity contribution in [2.24, 2.45) is 0 Å². The number of hydrogen-bond donors (Lipinski definition) is 0. The number of carbonyl (C=O) groups excluding carboxylic acids is 2. The minimum absolute atomic E-state index is 0.0563. The Labute approximate surface area is 115 Å². The summed E-state index contributed by atoms with van der Waals surface area (Å²) in [6.45, 7) is 2.88. The Morgan fingerprint density at radius 2 is 2.05 bits per heavy atom. The molecule has 0 atom stereocenters. The van der Waals surface area contributed by atoms with Crippen molar-refractivity contribution in [2.75, 3.05) is 11.4 Å². The summed E-state index contributed by atoms with van der Waals surface area (Å²) < 4.78 is 29.0. The molecule has 5 heteroatoms. The van der Waals surface area contributed by atoms with Gasteiger partial charge in [0, 0.05) is 5.56 Å². The molecular weight excluding hydrogens is 264 g/mol. The SMILES string of the molecule is CC1(C)C(=O)N(CC=O)c2c(F)cc(C3CC3)c(F)c21. The number of carbonyl (C=O) groups is 2. The van der Waals surface area contributed by atoms with E-state index in [9.17, 15) is 18.4 Å². The van der Waals surface area contributed by atoms with Gasteiger partial charge in [0.2, 0.25) is 5.91 Å². The van der Waals surface area contributed by atoms with Crippen LogP contribution in [-0.2, 0) is 15.0 Å². The van der Waals surface area contributed by atoms with E-state index in [0.717, 1.165) is 17.7 Å². The van der Waals surface area contributed by atoms with Gasteiger partial charge in [-0.05, 0) is 44.2 Å². The minimum Gasteiger partial charge on any atom is -0.301 e. The van der Waals surface area contributed by atoms with Gasteiger partial charge in [-0.2, -0.15) is 0 Å². The molecule has 0 unspecified atom stereocenters. The van der Waals surface area contributed by atoms with Crippen LogP contribution in [0.3, 0.4) is 0 Å². The van der Waals surface area contributed by atoms with Gasteiger partial charge in [-0.25, -0.2) is 8.78 Å². The van der Waals surface area contributed by atoms with E-state index >= 15 is 0 Å². The van der Waals surface area contributed by atoms with E-state index in [1.54, 1.807) is 13.8 Å². The van der Waals surface area contributed by atoms with Crippen LogP contribution >= 0.6 is 0 Å². The van der Waals surface area contributed by atoms with Crippen LogP contribution in [0.25, 0.3) is 0 Å². The smallest absolute Gasteiger partial charge is 0.237 e. The molecule has 1 aliphatic heterocycles. The largest absolute Gasteiger partial charge is 0.301 e. The van der Waals surface area contributed by atoms with Crippen molar-refractivity contribution in [1.29, 1.82) is 0 Å². The van der Waals surface area contributed by atoms with Crippen molar-refractivity contribution in [3.05, 3.63) is 28.8 Å². The van der Waals surface area contributed by atoms with Gasteiger partial charge < -0.3 is 9.69 Å². The molecule has 20 heavy (non-hydrogen) atoms. The van der Waals surface area contributed by atoms with Crippen molar-refractivity contribution < 1.29 is 18.4 Å². The second-order valence-corrected chi connectivity index (χ2v) is 5.97. The first kappa shape index (κ1) is 13.2. The lowest BCUT2D eigenvalue weighted by Gasteiger charge is -2.18. The van der Waals surface area contributed by atoms with E-state index in [1.165, 1.54) is 6.07 Å². The lowest BCUT2D eigenvalue weighted by Crippen LogP contribution is -2.37. The summed E-state index contributed by atoms with van der Waals surface area (Å²) in [5.74, 6) is -1.49. The highest BCUT2D eigenvalue weighted by molar-refractivity contribution is 6.09. The molecule has 0 radical (unpaired) electrons. The second-order valence-electron chi connectivity index (χ2n) is 5.97. The third kappa shape index (κ3) is 1.62. The Kier molecular flexibility index (Phi) is 2.71. The van der Waals surface area contributed by atoms with E-state index in [1.807, 2.05) is 0 Å². The first-order chi connectivity index (χ1) is 9.39. The molecule has 1 saturated carbocycles. The van der Waals surface area contributed by atoms with E-state index in [4.69, 9.17) is 0 Å². The van der Waals surface area contributed by atoms with E-state index < -0.39 is 23.0 Å². The molecule has 1 aliphatic carbocycles. The number of amides is 1. The summed E-state index contributed by atoms with van der Waals surface area (Å²) in [7, 11) is 0. The third-order valence-corrected chi connectivity index (χ3v) is 4.17. The van der Waals surface area contributed by atoms with Crippen LogP contribution in [0.2, 0.25) is 0 Å². The zero-order valence-corrected chi connectivity index (χ0v) is 11.4. The zero-order chi connectivity index (χ0) is 14.7. The van der Waals surface area contributed by atoms with Gasteiger partial charge in [-0.1, -0.05) is 0 Å².